The summed E-state index contributed by atoms with van der Waals surface area (Å²) < 4.78 is 0. The highest BCUT2D eigenvalue weighted by Gasteiger charge is 2.13. The zero-order chi connectivity index (χ0) is 13.1. The van der Waals surface area contributed by atoms with E-state index in [4.69, 9.17) is 10.2 Å². The fourth-order valence-electron chi connectivity index (χ4n) is 1.65. The molecule has 4 nitrogen and oxygen atoms in total. The standard InChI is InChI=1S/C13H10O4S/c14-12(15)7-18-11-6-9-4-2-1-3-8(9)5-10(11)13(16)17/h1-6H,7H2,(H,14,15)(H,16,17). The van der Waals surface area contributed by atoms with Crippen molar-refractivity contribution in [2.24, 2.45) is 0 Å². The lowest BCUT2D eigenvalue weighted by molar-refractivity contribution is -0.133. The second kappa shape index (κ2) is 5.10. The van der Waals surface area contributed by atoms with Gasteiger partial charge < -0.3 is 10.2 Å². The Morgan fingerprint density at radius 1 is 1.06 bits per heavy atom. The van der Waals surface area contributed by atoms with E-state index in [1.165, 1.54) is 0 Å². The van der Waals surface area contributed by atoms with Gasteiger partial charge in [0.15, 0.2) is 0 Å². The van der Waals surface area contributed by atoms with Crippen LogP contribution < -0.4 is 0 Å². The fourth-order valence-corrected chi connectivity index (χ4v) is 2.44. The Labute approximate surface area is 107 Å². The van der Waals surface area contributed by atoms with Crippen LogP contribution in [0.25, 0.3) is 10.8 Å². The molecule has 2 aromatic rings. The summed E-state index contributed by atoms with van der Waals surface area (Å²) in [6.07, 6.45) is 0. The van der Waals surface area contributed by atoms with E-state index in [2.05, 4.69) is 0 Å². The molecule has 0 aliphatic heterocycles. The normalized spacial score (nSPS) is 10.4. The number of benzene rings is 2. The maximum atomic E-state index is 11.1. The number of hydrogen-bond donors (Lipinski definition) is 2. The Balaban J connectivity index is 2.50. The van der Waals surface area contributed by atoms with Crippen LogP contribution in [0.15, 0.2) is 41.3 Å². The van der Waals surface area contributed by atoms with E-state index in [9.17, 15) is 9.59 Å². The van der Waals surface area contributed by atoms with Gasteiger partial charge in [-0.1, -0.05) is 24.3 Å². The Hall–Kier alpha value is -2.01. The van der Waals surface area contributed by atoms with Crippen molar-refractivity contribution in [2.45, 2.75) is 4.90 Å². The second-order valence-corrected chi connectivity index (χ2v) is 4.70. The molecule has 0 saturated heterocycles. The van der Waals surface area contributed by atoms with Crippen molar-refractivity contribution in [1.82, 2.24) is 0 Å². The van der Waals surface area contributed by atoms with Gasteiger partial charge in [0.1, 0.15) is 0 Å². The Morgan fingerprint density at radius 3 is 2.22 bits per heavy atom. The summed E-state index contributed by atoms with van der Waals surface area (Å²) in [4.78, 5) is 22.2. The van der Waals surface area contributed by atoms with Crippen LogP contribution in [0.5, 0.6) is 0 Å². The lowest BCUT2D eigenvalue weighted by atomic mass is 10.1. The van der Waals surface area contributed by atoms with Crippen molar-refractivity contribution in [3.05, 3.63) is 42.0 Å². The number of fused-ring (bicyclic) bond motifs is 1. The molecule has 2 rings (SSSR count). The van der Waals surface area contributed by atoms with Crippen LogP contribution >= 0.6 is 11.8 Å². The number of carbonyl (C=O) groups is 2. The molecule has 0 unspecified atom stereocenters. The van der Waals surface area contributed by atoms with Crippen LogP contribution in [0.4, 0.5) is 0 Å². The summed E-state index contributed by atoms with van der Waals surface area (Å²) in [6.45, 7) is 0. The predicted octanol–water partition coefficient (Wildman–Crippen LogP) is 2.71. The zero-order valence-corrected chi connectivity index (χ0v) is 10.1. The third-order valence-corrected chi connectivity index (χ3v) is 3.47. The van der Waals surface area contributed by atoms with Crippen LogP contribution in [0.3, 0.4) is 0 Å². The lowest BCUT2D eigenvalue weighted by Gasteiger charge is -2.07. The molecule has 0 amide bonds. The Kier molecular flexibility index (Phi) is 3.53. The summed E-state index contributed by atoms with van der Waals surface area (Å²) in [6, 6.07) is 10.7. The quantitative estimate of drug-likeness (QED) is 0.829. The molecule has 5 heteroatoms. The van der Waals surface area contributed by atoms with Crippen molar-refractivity contribution >= 4 is 34.5 Å². The molecule has 0 aromatic heterocycles. The van der Waals surface area contributed by atoms with Gasteiger partial charge in [-0.25, -0.2) is 4.79 Å². The Bertz CT molecular complexity index is 621. The molecule has 2 aromatic carbocycles. The molecule has 0 bridgehead atoms. The first-order valence-corrected chi connectivity index (χ1v) is 6.17. The molecule has 0 fully saturated rings. The van der Waals surface area contributed by atoms with Gasteiger partial charge >= 0.3 is 11.9 Å². The van der Waals surface area contributed by atoms with Gasteiger partial charge in [-0.3, -0.25) is 4.79 Å². The first kappa shape index (κ1) is 12.4. The predicted molar refractivity (Wildman–Crippen MR) is 69.3 cm³/mol. The minimum absolute atomic E-state index is 0.139. The zero-order valence-electron chi connectivity index (χ0n) is 9.29. The monoisotopic (exact) mass is 262 g/mol. The number of aliphatic carboxylic acids is 1. The van der Waals surface area contributed by atoms with Gasteiger partial charge in [-0.2, -0.15) is 0 Å². The van der Waals surface area contributed by atoms with E-state index >= 15 is 0 Å². The third-order valence-electron chi connectivity index (χ3n) is 2.43. The van der Waals surface area contributed by atoms with Gasteiger partial charge in [-0.05, 0) is 22.9 Å². The summed E-state index contributed by atoms with van der Waals surface area (Å²) in [7, 11) is 0. The van der Waals surface area contributed by atoms with E-state index in [0.29, 0.717) is 4.90 Å². The molecule has 0 spiro atoms. The molecule has 0 aliphatic rings. The van der Waals surface area contributed by atoms with Crippen LogP contribution in [-0.2, 0) is 4.79 Å². The average Bonchev–Trinajstić information content (AvgIpc) is 2.35. The maximum absolute atomic E-state index is 11.1. The van der Waals surface area contributed by atoms with E-state index in [1.54, 1.807) is 12.1 Å². The highest BCUT2D eigenvalue weighted by molar-refractivity contribution is 8.00. The molecular formula is C13H10O4S. The lowest BCUT2D eigenvalue weighted by Crippen LogP contribution is -2.02. The molecule has 0 heterocycles. The van der Waals surface area contributed by atoms with E-state index in [0.717, 1.165) is 22.5 Å². The number of thioether (sulfide) groups is 1. The average molecular weight is 262 g/mol. The number of aromatic carboxylic acids is 1. The fraction of sp³-hybridized carbons (Fsp3) is 0.0769. The first-order chi connectivity index (χ1) is 8.58. The number of rotatable bonds is 4. The van der Waals surface area contributed by atoms with Crippen molar-refractivity contribution < 1.29 is 19.8 Å². The number of carboxylic acids is 2. The molecule has 0 radical (unpaired) electrons. The van der Waals surface area contributed by atoms with Crippen LogP contribution in [0, 0.1) is 0 Å². The topological polar surface area (TPSA) is 74.6 Å². The van der Waals surface area contributed by atoms with Gasteiger partial charge in [0.2, 0.25) is 0 Å². The minimum Gasteiger partial charge on any atom is -0.481 e. The van der Waals surface area contributed by atoms with Crippen molar-refractivity contribution in [3.8, 4) is 0 Å². The van der Waals surface area contributed by atoms with Gasteiger partial charge in [-0.15, -0.1) is 11.8 Å². The molecule has 18 heavy (non-hydrogen) atoms. The molecular weight excluding hydrogens is 252 g/mol. The van der Waals surface area contributed by atoms with Crippen molar-refractivity contribution in [1.29, 1.82) is 0 Å². The summed E-state index contributed by atoms with van der Waals surface area (Å²) >= 11 is 1.02. The molecule has 2 N–H and O–H groups in total. The van der Waals surface area contributed by atoms with Gasteiger partial charge in [0, 0.05) is 4.90 Å². The molecule has 0 saturated carbocycles. The first-order valence-electron chi connectivity index (χ1n) is 5.18. The minimum atomic E-state index is -1.05. The van der Waals surface area contributed by atoms with Gasteiger partial charge in [0.05, 0.1) is 11.3 Å². The van der Waals surface area contributed by atoms with Crippen molar-refractivity contribution in [2.75, 3.05) is 5.75 Å². The van der Waals surface area contributed by atoms with Crippen molar-refractivity contribution in [3.63, 3.8) is 0 Å². The van der Waals surface area contributed by atoms with E-state index < -0.39 is 11.9 Å². The summed E-state index contributed by atoms with van der Waals surface area (Å²) in [5.74, 6) is -2.17. The summed E-state index contributed by atoms with van der Waals surface area (Å²) in [5, 5.41) is 19.5. The highest BCUT2D eigenvalue weighted by atomic mass is 32.2. The molecule has 0 aliphatic carbocycles. The summed E-state index contributed by atoms with van der Waals surface area (Å²) in [5.41, 5.74) is 0.139. The van der Waals surface area contributed by atoms with E-state index in [-0.39, 0.29) is 11.3 Å². The second-order valence-electron chi connectivity index (χ2n) is 3.68. The Morgan fingerprint density at radius 2 is 1.67 bits per heavy atom. The number of carboxylic acid groups (broad SMARTS) is 2. The highest BCUT2D eigenvalue weighted by Crippen LogP contribution is 2.28. The third kappa shape index (κ3) is 2.62. The molecule has 92 valence electrons. The van der Waals surface area contributed by atoms with E-state index in [1.807, 2.05) is 24.3 Å². The largest absolute Gasteiger partial charge is 0.481 e. The smallest absolute Gasteiger partial charge is 0.336 e. The molecule has 0 atom stereocenters. The maximum Gasteiger partial charge on any atom is 0.336 e. The van der Waals surface area contributed by atoms with Crippen LogP contribution in [-0.4, -0.2) is 27.9 Å². The number of hydrogen-bond acceptors (Lipinski definition) is 3. The van der Waals surface area contributed by atoms with Crippen LogP contribution in [0.1, 0.15) is 10.4 Å². The van der Waals surface area contributed by atoms with Crippen LogP contribution in [0.2, 0.25) is 0 Å². The SMILES string of the molecule is O=C(O)CSc1cc2ccccc2cc1C(=O)O. The van der Waals surface area contributed by atoms with Gasteiger partial charge in [0.25, 0.3) is 0 Å².